The Kier molecular flexibility index (Phi) is 6.65. The van der Waals surface area contributed by atoms with E-state index in [4.69, 9.17) is 0 Å². The van der Waals surface area contributed by atoms with Crippen LogP contribution in [0.3, 0.4) is 0 Å². The fourth-order valence-corrected chi connectivity index (χ4v) is 4.16. The molecular weight excluding hydrogens is 368 g/mol. The molecule has 9 heteroatoms. The summed E-state index contributed by atoms with van der Waals surface area (Å²) in [5, 5.41) is 15.2. The third-order valence-corrected chi connectivity index (χ3v) is 6.17. The van der Waals surface area contributed by atoms with E-state index in [0.717, 1.165) is 17.2 Å². The Balaban J connectivity index is 2.44. The molecule has 0 radical (unpaired) electrons. The van der Waals surface area contributed by atoms with Crippen LogP contribution in [0.25, 0.3) is 0 Å². The van der Waals surface area contributed by atoms with Gasteiger partial charge in [0, 0.05) is 25.2 Å². The van der Waals surface area contributed by atoms with E-state index in [1.807, 2.05) is 31.2 Å². The number of sulfonamides is 1. The van der Waals surface area contributed by atoms with Gasteiger partial charge in [-0.15, -0.1) is 0 Å². The maximum absolute atomic E-state index is 12.9. The number of aryl methyl sites for hydroxylation is 1. The second-order valence-electron chi connectivity index (χ2n) is 5.75. The summed E-state index contributed by atoms with van der Waals surface area (Å²) in [4.78, 5) is 10.3. The molecule has 0 aliphatic heterocycles. The van der Waals surface area contributed by atoms with Crippen LogP contribution in [-0.2, 0) is 10.0 Å². The van der Waals surface area contributed by atoms with E-state index in [1.165, 1.54) is 16.4 Å². The Morgan fingerprint density at radius 3 is 2.44 bits per heavy atom. The molecule has 0 saturated carbocycles. The normalized spacial score (nSPS) is 11.9. The lowest BCUT2D eigenvalue weighted by molar-refractivity contribution is -0.385. The number of nitro benzene ring substituents is 1. The minimum atomic E-state index is -3.90. The molecule has 0 fully saturated rings. The summed E-state index contributed by atoms with van der Waals surface area (Å²) in [6.07, 6.45) is 1.57. The summed E-state index contributed by atoms with van der Waals surface area (Å²) in [5.41, 5.74) is 4.48. The number of rotatable bonds is 8. The number of hydrazone groups is 1. The number of anilines is 1. The van der Waals surface area contributed by atoms with Gasteiger partial charge in [0.2, 0.25) is 10.0 Å². The first-order valence-corrected chi connectivity index (χ1v) is 9.88. The standard InChI is InChI=1S/C18H22N4O4S/c1-4-21(5-2)27(25,26)18-12-16(22(23)24)10-11-17(18)20-19-13-15-9-7-6-8-14(15)3/h6-13,20H,4-5H2,1-3H3/b19-13-. The molecule has 0 spiro atoms. The summed E-state index contributed by atoms with van der Waals surface area (Å²) in [6.45, 7) is 5.87. The third-order valence-electron chi connectivity index (χ3n) is 4.08. The van der Waals surface area contributed by atoms with Crippen molar-refractivity contribution in [2.45, 2.75) is 25.7 Å². The highest BCUT2D eigenvalue weighted by Crippen LogP contribution is 2.29. The lowest BCUT2D eigenvalue weighted by Crippen LogP contribution is -2.31. The quantitative estimate of drug-likeness (QED) is 0.423. The van der Waals surface area contributed by atoms with E-state index in [-0.39, 0.29) is 29.4 Å². The van der Waals surface area contributed by atoms with Crippen molar-refractivity contribution in [3.05, 3.63) is 63.7 Å². The molecule has 0 aliphatic rings. The first kappa shape index (κ1) is 20.5. The summed E-state index contributed by atoms with van der Waals surface area (Å²) < 4.78 is 27.0. The molecule has 0 aromatic heterocycles. The SMILES string of the molecule is CCN(CC)S(=O)(=O)c1cc([N+](=O)[O-])ccc1N/N=C\c1ccccc1C. The van der Waals surface area contributed by atoms with Gasteiger partial charge in [-0.25, -0.2) is 8.42 Å². The predicted octanol–water partition coefficient (Wildman–Crippen LogP) is 3.38. The van der Waals surface area contributed by atoms with Crippen molar-refractivity contribution >= 4 is 27.6 Å². The Hall–Kier alpha value is -2.78. The van der Waals surface area contributed by atoms with Crippen molar-refractivity contribution in [2.75, 3.05) is 18.5 Å². The van der Waals surface area contributed by atoms with Crippen LogP contribution >= 0.6 is 0 Å². The van der Waals surface area contributed by atoms with Gasteiger partial charge in [-0.1, -0.05) is 38.1 Å². The molecule has 0 atom stereocenters. The summed E-state index contributed by atoms with van der Waals surface area (Å²) in [6, 6.07) is 11.2. The number of non-ortho nitro benzene ring substituents is 1. The average Bonchev–Trinajstić information content (AvgIpc) is 2.64. The molecule has 0 aliphatic carbocycles. The van der Waals surface area contributed by atoms with Crippen molar-refractivity contribution in [1.29, 1.82) is 0 Å². The molecule has 2 aromatic rings. The molecule has 0 unspecified atom stereocenters. The van der Waals surface area contributed by atoms with Gasteiger partial charge in [-0.05, 0) is 24.1 Å². The lowest BCUT2D eigenvalue weighted by Gasteiger charge is -2.20. The van der Waals surface area contributed by atoms with Crippen molar-refractivity contribution < 1.29 is 13.3 Å². The van der Waals surface area contributed by atoms with Crippen LogP contribution in [0.5, 0.6) is 0 Å². The summed E-state index contributed by atoms with van der Waals surface area (Å²) in [7, 11) is -3.90. The van der Waals surface area contributed by atoms with E-state index < -0.39 is 14.9 Å². The van der Waals surface area contributed by atoms with E-state index in [9.17, 15) is 18.5 Å². The molecule has 2 rings (SSSR count). The molecule has 1 N–H and O–H groups in total. The highest BCUT2D eigenvalue weighted by atomic mass is 32.2. The highest BCUT2D eigenvalue weighted by Gasteiger charge is 2.27. The van der Waals surface area contributed by atoms with Crippen LogP contribution in [0.15, 0.2) is 52.5 Å². The molecule has 8 nitrogen and oxygen atoms in total. The van der Waals surface area contributed by atoms with Gasteiger partial charge in [0.05, 0.1) is 16.8 Å². The third kappa shape index (κ3) is 4.69. The number of hydrogen-bond acceptors (Lipinski definition) is 6. The molecule has 2 aromatic carbocycles. The molecule has 0 bridgehead atoms. The predicted molar refractivity (Wildman–Crippen MR) is 106 cm³/mol. The molecule has 144 valence electrons. The van der Waals surface area contributed by atoms with Gasteiger partial charge >= 0.3 is 0 Å². The summed E-state index contributed by atoms with van der Waals surface area (Å²) in [5.74, 6) is 0. The maximum Gasteiger partial charge on any atom is 0.270 e. The minimum Gasteiger partial charge on any atom is -0.277 e. The minimum absolute atomic E-state index is 0.178. The van der Waals surface area contributed by atoms with Crippen molar-refractivity contribution in [1.82, 2.24) is 4.31 Å². The van der Waals surface area contributed by atoms with Crippen molar-refractivity contribution in [3.63, 3.8) is 0 Å². The van der Waals surface area contributed by atoms with E-state index in [1.54, 1.807) is 20.1 Å². The molecule has 27 heavy (non-hydrogen) atoms. The second-order valence-corrected chi connectivity index (χ2v) is 7.66. The Morgan fingerprint density at radius 2 is 1.85 bits per heavy atom. The van der Waals surface area contributed by atoms with Gasteiger partial charge in [0.15, 0.2) is 0 Å². The van der Waals surface area contributed by atoms with Gasteiger partial charge in [0.1, 0.15) is 4.90 Å². The first-order chi connectivity index (χ1) is 12.8. The molecule has 0 heterocycles. The van der Waals surface area contributed by atoms with Gasteiger partial charge in [-0.3, -0.25) is 15.5 Å². The lowest BCUT2D eigenvalue weighted by atomic mass is 10.1. The Labute approximate surface area is 158 Å². The van der Waals surface area contributed by atoms with Gasteiger partial charge in [-0.2, -0.15) is 9.41 Å². The largest absolute Gasteiger partial charge is 0.277 e. The van der Waals surface area contributed by atoms with Crippen LogP contribution in [0, 0.1) is 17.0 Å². The van der Waals surface area contributed by atoms with Crippen LogP contribution in [0.2, 0.25) is 0 Å². The van der Waals surface area contributed by atoms with Gasteiger partial charge < -0.3 is 0 Å². The van der Waals surface area contributed by atoms with Crippen molar-refractivity contribution in [2.24, 2.45) is 5.10 Å². The van der Waals surface area contributed by atoms with Crippen LogP contribution in [-0.4, -0.2) is 37.0 Å². The number of nitrogens with zero attached hydrogens (tertiary/aromatic N) is 3. The van der Waals surface area contributed by atoms with E-state index in [2.05, 4.69) is 10.5 Å². The second kappa shape index (κ2) is 8.74. The Morgan fingerprint density at radius 1 is 1.19 bits per heavy atom. The van der Waals surface area contributed by atoms with E-state index >= 15 is 0 Å². The summed E-state index contributed by atoms with van der Waals surface area (Å²) >= 11 is 0. The fraction of sp³-hybridized carbons (Fsp3) is 0.278. The van der Waals surface area contributed by atoms with Crippen LogP contribution in [0.4, 0.5) is 11.4 Å². The fourth-order valence-electron chi connectivity index (χ4n) is 2.54. The smallest absolute Gasteiger partial charge is 0.270 e. The van der Waals surface area contributed by atoms with E-state index in [0.29, 0.717) is 0 Å². The average molecular weight is 390 g/mol. The Bertz CT molecular complexity index is 954. The molecular formula is C18H22N4O4S. The van der Waals surface area contributed by atoms with Gasteiger partial charge in [0.25, 0.3) is 5.69 Å². The van der Waals surface area contributed by atoms with Crippen molar-refractivity contribution in [3.8, 4) is 0 Å². The zero-order chi connectivity index (χ0) is 20.0. The monoisotopic (exact) mass is 390 g/mol. The number of nitrogens with one attached hydrogen (secondary N) is 1. The number of nitro groups is 1. The molecule has 0 saturated heterocycles. The maximum atomic E-state index is 12.9. The highest BCUT2D eigenvalue weighted by molar-refractivity contribution is 7.89. The van der Waals surface area contributed by atoms with Crippen LogP contribution < -0.4 is 5.43 Å². The number of hydrogen-bond donors (Lipinski definition) is 1. The molecule has 0 amide bonds. The topological polar surface area (TPSA) is 105 Å². The number of benzene rings is 2. The zero-order valence-electron chi connectivity index (χ0n) is 15.4. The first-order valence-electron chi connectivity index (χ1n) is 8.44. The van der Waals surface area contributed by atoms with Crippen LogP contribution in [0.1, 0.15) is 25.0 Å². The zero-order valence-corrected chi connectivity index (χ0v) is 16.2.